The average molecular weight is 399 g/mol. The lowest BCUT2D eigenvalue weighted by Crippen LogP contribution is -2.23. The summed E-state index contributed by atoms with van der Waals surface area (Å²) in [5.74, 6) is 0.480. The Balaban J connectivity index is 2.34. The first-order valence-electron chi connectivity index (χ1n) is 6.83. The van der Waals surface area contributed by atoms with Crippen LogP contribution in [0.2, 0.25) is 0 Å². The zero-order valence-electron chi connectivity index (χ0n) is 12.1. The van der Waals surface area contributed by atoms with Crippen molar-refractivity contribution in [2.75, 3.05) is 13.7 Å². The lowest BCUT2D eigenvalue weighted by Gasteiger charge is -2.18. The third-order valence-corrected chi connectivity index (χ3v) is 4.09. The van der Waals surface area contributed by atoms with E-state index in [4.69, 9.17) is 4.42 Å². The van der Waals surface area contributed by atoms with E-state index in [9.17, 15) is 4.79 Å². The fourth-order valence-electron chi connectivity index (χ4n) is 2.08. The van der Waals surface area contributed by atoms with Gasteiger partial charge in [-0.1, -0.05) is 25.1 Å². The number of methoxy groups -OCH3 is 1. The number of nitrogens with one attached hydrogen (secondary N) is 1. The van der Waals surface area contributed by atoms with Gasteiger partial charge in [0.05, 0.1) is 13.2 Å². The molecule has 1 atom stereocenters. The SMILES string of the molecule is CCCNC(c1ccc(C(=O)OC)o1)c1ccccc1I. The monoisotopic (exact) mass is 399 g/mol. The Morgan fingerprint density at radius 1 is 1.33 bits per heavy atom. The summed E-state index contributed by atoms with van der Waals surface area (Å²) in [5.41, 5.74) is 1.14. The van der Waals surface area contributed by atoms with Crippen molar-refractivity contribution < 1.29 is 13.9 Å². The molecule has 0 saturated heterocycles. The molecule has 1 N–H and O–H groups in total. The maximum absolute atomic E-state index is 11.5. The maximum Gasteiger partial charge on any atom is 0.373 e. The van der Waals surface area contributed by atoms with E-state index < -0.39 is 5.97 Å². The van der Waals surface area contributed by atoms with Gasteiger partial charge >= 0.3 is 5.97 Å². The largest absolute Gasteiger partial charge is 0.463 e. The van der Waals surface area contributed by atoms with Crippen molar-refractivity contribution in [3.8, 4) is 0 Å². The summed E-state index contributed by atoms with van der Waals surface area (Å²) >= 11 is 2.31. The van der Waals surface area contributed by atoms with Gasteiger partial charge < -0.3 is 14.5 Å². The van der Waals surface area contributed by atoms with Crippen molar-refractivity contribution in [3.63, 3.8) is 0 Å². The molecule has 1 unspecified atom stereocenters. The summed E-state index contributed by atoms with van der Waals surface area (Å²) in [4.78, 5) is 11.5. The number of rotatable bonds is 6. The molecule has 0 aliphatic rings. The van der Waals surface area contributed by atoms with Gasteiger partial charge in [-0.3, -0.25) is 0 Å². The highest BCUT2D eigenvalue weighted by atomic mass is 127. The van der Waals surface area contributed by atoms with Crippen molar-refractivity contribution in [2.24, 2.45) is 0 Å². The molecule has 5 heteroatoms. The molecule has 0 bridgehead atoms. The lowest BCUT2D eigenvalue weighted by atomic mass is 10.0. The zero-order valence-corrected chi connectivity index (χ0v) is 14.2. The molecule has 2 aromatic rings. The van der Waals surface area contributed by atoms with Gasteiger partial charge in [0.25, 0.3) is 0 Å². The fourth-order valence-corrected chi connectivity index (χ4v) is 2.78. The number of furan rings is 1. The Labute approximate surface area is 138 Å². The number of hydrogen-bond acceptors (Lipinski definition) is 4. The number of carbonyl (C=O) groups excluding carboxylic acids is 1. The second-order valence-corrected chi connectivity index (χ2v) is 5.76. The molecule has 0 radical (unpaired) electrons. The summed E-state index contributed by atoms with van der Waals surface area (Å²) in [6, 6.07) is 11.5. The van der Waals surface area contributed by atoms with Gasteiger partial charge in [-0.05, 0) is 59.3 Å². The van der Waals surface area contributed by atoms with Crippen LogP contribution in [0.25, 0.3) is 0 Å². The van der Waals surface area contributed by atoms with Gasteiger partial charge in [-0.2, -0.15) is 0 Å². The molecular weight excluding hydrogens is 381 g/mol. The van der Waals surface area contributed by atoms with Gasteiger partial charge in [0.1, 0.15) is 5.76 Å². The fraction of sp³-hybridized carbons (Fsp3) is 0.312. The van der Waals surface area contributed by atoms with Gasteiger partial charge in [-0.15, -0.1) is 0 Å². The Kier molecular flexibility index (Phi) is 5.81. The molecule has 2 rings (SSSR count). The van der Waals surface area contributed by atoms with Crippen LogP contribution in [0.3, 0.4) is 0 Å². The summed E-state index contributed by atoms with van der Waals surface area (Å²) in [6.07, 6.45) is 1.02. The zero-order chi connectivity index (χ0) is 15.2. The van der Waals surface area contributed by atoms with E-state index in [0.717, 1.165) is 22.1 Å². The standard InChI is InChI=1S/C16H18INO3/c1-3-10-18-15(11-6-4-5-7-12(11)17)13-8-9-14(21-13)16(19)20-2/h4-9,15,18H,3,10H2,1-2H3. The Bertz CT molecular complexity index is 609. The molecule has 0 saturated carbocycles. The normalized spacial score (nSPS) is 12.1. The molecule has 21 heavy (non-hydrogen) atoms. The van der Waals surface area contributed by atoms with E-state index in [1.807, 2.05) is 18.2 Å². The molecule has 4 nitrogen and oxygen atoms in total. The van der Waals surface area contributed by atoms with Crippen molar-refractivity contribution >= 4 is 28.6 Å². The lowest BCUT2D eigenvalue weighted by molar-refractivity contribution is 0.0562. The van der Waals surface area contributed by atoms with E-state index >= 15 is 0 Å². The van der Waals surface area contributed by atoms with Crippen LogP contribution in [0.4, 0.5) is 0 Å². The van der Waals surface area contributed by atoms with Crippen LogP contribution in [-0.4, -0.2) is 19.6 Å². The molecular formula is C16H18INO3. The molecule has 1 aromatic heterocycles. The maximum atomic E-state index is 11.5. The number of carbonyl (C=O) groups is 1. The van der Waals surface area contributed by atoms with E-state index in [1.54, 1.807) is 6.07 Å². The Morgan fingerprint density at radius 3 is 2.76 bits per heavy atom. The third kappa shape index (κ3) is 3.85. The van der Waals surface area contributed by atoms with Crippen molar-refractivity contribution in [3.05, 3.63) is 57.1 Å². The first-order chi connectivity index (χ1) is 10.2. The van der Waals surface area contributed by atoms with Crippen molar-refractivity contribution in [1.29, 1.82) is 0 Å². The van der Waals surface area contributed by atoms with Crippen LogP contribution in [0.5, 0.6) is 0 Å². The molecule has 1 heterocycles. The molecule has 0 aliphatic heterocycles. The van der Waals surface area contributed by atoms with Crippen LogP contribution in [0.15, 0.2) is 40.8 Å². The first-order valence-corrected chi connectivity index (χ1v) is 7.91. The van der Waals surface area contributed by atoms with Crippen LogP contribution in [-0.2, 0) is 4.74 Å². The predicted octanol–water partition coefficient (Wildman–Crippen LogP) is 3.76. The van der Waals surface area contributed by atoms with E-state index in [-0.39, 0.29) is 11.8 Å². The van der Waals surface area contributed by atoms with Gasteiger partial charge in [0, 0.05) is 3.57 Å². The van der Waals surface area contributed by atoms with Gasteiger partial charge in [-0.25, -0.2) is 4.79 Å². The second kappa shape index (κ2) is 7.61. The second-order valence-electron chi connectivity index (χ2n) is 4.60. The van der Waals surface area contributed by atoms with Crippen LogP contribution in [0.1, 0.15) is 41.3 Å². The highest BCUT2D eigenvalue weighted by molar-refractivity contribution is 14.1. The van der Waals surface area contributed by atoms with Crippen LogP contribution < -0.4 is 5.32 Å². The molecule has 0 amide bonds. The number of hydrogen-bond donors (Lipinski definition) is 1. The van der Waals surface area contributed by atoms with Crippen LogP contribution >= 0.6 is 22.6 Å². The Morgan fingerprint density at radius 2 is 2.10 bits per heavy atom. The van der Waals surface area contributed by atoms with Crippen molar-refractivity contribution in [1.82, 2.24) is 5.32 Å². The molecule has 0 aliphatic carbocycles. The third-order valence-electron chi connectivity index (χ3n) is 3.11. The minimum atomic E-state index is -0.460. The minimum absolute atomic E-state index is 0.0727. The number of ether oxygens (including phenoxy) is 1. The molecule has 112 valence electrons. The Hall–Kier alpha value is -1.34. The molecule has 0 spiro atoms. The predicted molar refractivity (Wildman–Crippen MR) is 89.3 cm³/mol. The summed E-state index contributed by atoms with van der Waals surface area (Å²) in [5, 5.41) is 3.46. The van der Waals surface area contributed by atoms with E-state index in [1.165, 1.54) is 7.11 Å². The van der Waals surface area contributed by atoms with Crippen LogP contribution in [0, 0.1) is 3.57 Å². The first kappa shape index (κ1) is 16.0. The van der Waals surface area contributed by atoms with Gasteiger partial charge in [0.2, 0.25) is 5.76 Å². The van der Waals surface area contributed by atoms with Crippen molar-refractivity contribution in [2.45, 2.75) is 19.4 Å². The molecule has 0 fully saturated rings. The minimum Gasteiger partial charge on any atom is -0.463 e. The van der Waals surface area contributed by atoms with E-state index in [0.29, 0.717) is 5.76 Å². The highest BCUT2D eigenvalue weighted by Gasteiger charge is 2.21. The smallest absolute Gasteiger partial charge is 0.373 e. The summed E-state index contributed by atoms with van der Waals surface area (Å²) < 4.78 is 11.5. The molecule has 1 aromatic carbocycles. The average Bonchev–Trinajstić information content (AvgIpc) is 2.98. The summed E-state index contributed by atoms with van der Waals surface area (Å²) in [7, 11) is 1.34. The quantitative estimate of drug-likeness (QED) is 0.594. The topological polar surface area (TPSA) is 51.5 Å². The number of halogens is 1. The number of esters is 1. The van der Waals surface area contributed by atoms with E-state index in [2.05, 4.69) is 51.7 Å². The highest BCUT2D eigenvalue weighted by Crippen LogP contribution is 2.27. The summed E-state index contributed by atoms with van der Waals surface area (Å²) in [6.45, 7) is 2.98. The number of benzene rings is 1. The van der Waals surface area contributed by atoms with Gasteiger partial charge in [0.15, 0.2) is 0 Å².